The minimum atomic E-state index is 0.760. The van der Waals surface area contributed by atoms with E-state index in [2.05, 4.69) is 66.3 Å². The fourth-order valence-electron chi connectivity index (χ4n) is 2.20. The van der Waals surface area contributed by atoms with Crippen molar-refractivity contribution in [3.63, 3.8) is 0 Å². The van der Waals surface area contributed by atoms with Crippen molar-refractivity contribution in [1.29, 1.82) is 0 Å². The molecule has 0 atom stereocenters. The smallest absolute Gasteiger partial charge is 0.0612 e. The third-order valence-corrected chi connectivity index (χ3v) is 4.58. The molecule has 0 fully saturated rings. The summed E-state index contributed by atoms with van der Waals surface area (Å²) in [6, 6.07) is 20.3. The first-order chi connectivity index (χ1) is 13.5. The van der Waals surface area contributed by atoms with Gasteiger partial charge in [0.25, 0.3) is 0 Å². The maximum Gasteiger partial charge on any atom is 0.0612 e. The molecule has 0 radical (unpaired) electrons. The number of hydrazone groups is 2. The van der Waals surface area contributed by atoms with Gasteiger partial charge in [-0.3, -0.25) is 10.0 Å². The van der Waals surface area contributed by atoms with Crippen molar-refractivity contribution in [2.75, 3.05) is 27.2 Å². The minimum Gasteiger partial charge on any atom is -0.298 e. The maximum atomic E-state index is 4.44. The van der Waals surface area contributed by atoms with E-state index in [1.54, 1.807) is 12.4 Å². The highest BCUT2D eigenvalue weighted by atomic mass is 79.9. The molecule has 2 aromatic carbocycles. The molecule has 0 amide bonds. The normalized spacial score (nSPS) is 12.7. The molecule has 0 aliphatic heterocycles. The van der Waals surface area contributed by atoms with Gasteiger partial charge in [-0.25, -0.2) is 0 Å². The van der Waals surface area contributed by atoms with Crippen LogP contribution in [-0.4, -0.2) is 49.6 Å². The van der Waals surface area contributed by atoms with Crippen LogP contribution < -0.4 is 0 Å². The molecule has 0 aliphatic carbocycles. The zero-order valence-corrected chi connectivity index (χ0v) is 19.2. The summed E-state index contributed by atoms with van der Waals surface area (Å²) in [5.74, 6) is 0. The fraction of sp³-hybridized carbons (Fsp3) is 0.182. The second kappa shape index (κ2) is 12.3. The van der Waals surface area contributed by atoms with Gasteiger partial charge < -0.3 is 0 Å². The third kappa shape index (κ3) is 9.15. The lowest BCUT2D eigenvalue weighted by Gasteiger charge is -2.17. The molecule has 0 aromatic heterocycles. The Balaban J connectivity index is 1.77. The number of rotatable bonds is 9. The van der Waals surface area contributed by atoms with Crippen LogP contribution in [0.2, 0.25) is 0 Å². The first-order valence-corrected chi connectivity index (χ1v) is 10.5. The van der Waals surface area contributed by atoms with E-state index in [0.717, 1.165) is 33.2 Å². The van der Waals surface area contributed by atoms with Crippen molar-refractivity contribution in [2.45, 2.75) is 0 Å². The summed E-state index contributed by atoms with van der Waals surface area (Å²) in [7, 11) is 3.89. The Morgan fingerprint density at radius 2 is 1.07 bits per heavy atom. The van der Waals surface area contributed by atoms with Gasteiger partial charge in [0, 0.05) is 23.1 Å². The van der Waals surface area contributed by atoms with Gasteiger partial charge >= 0.3 is 0 Å². The van der Waals surface area contributed by atoms with Crippen LogP contribution in [0.25, 0.3) is 12.2 Å². The molecule has 2 rings (SSSR count). The van der Waals surface area contributed by atoms with Crippen LogP contribution in [0, 0.1) is 0 Å². The second-order valence-electron chi connectivity index (χ2n) is 6.13. The largest absolute Gasteiger partial charge is 0.298 e. The number of allylic oxidation sites excluding steroid dienone is 2. The first-order valence-electron chi connectivity index (χ1n) is 8.87. The van der Waals surface area contributed by atoms with E-state index >= 15 is 0 Å². The molecule has 4 nitrogen and oxygen atoms in total. The number of nitrogens with zero attached hydrogens (tertiary/aromatic N) is 4. The summed E-state index contributed by atoms with van der Waals surface area (Å²) < 4.78 is 1.85. The van der Waals surface area contributed by atoms with E-state index in [-0.39, 0.29) is 0 Å². The van der Waals surface area contributed by atoms with Gasteiger partial charge in [0.15, 0.2) is 0 Å². The van der Waals surface area contributed by atoms with Crippen LogP contribution in [0.5, 0.6) is 0 Å². The maximum absolute atomic E-state index is 4.44. The van der Waals surface area contributed by atoms with E-state index in [1.165, 1.54) is 0 Å². The molecule has 6 heteroatoms. The molecular weight excluding hydrogens is 480 g/mol. The molecule has 0 saturated carbocycles. The standard InChI is InChI=1S/C22H24Br2N4/c1-27(25-17-21(23)15-19-9-5-3-6-10-19)13-14-28(2)26-18-22(24)16-20-11-7-4-8-12-20/h3-12,15-18H,13-14H2,1-2H3/b21-15+,22-16+,25-17-,26-18-. The van der Waals surface area contributed by atoms with Gasteiger partial charge in [-0.1, -0.05) is 60.7 Å². The Kier molecular flexibility index (Phi) is 9.72. The SMILES string of the molecule is CN(CCN(C)/N=C\C(Br)=C/c1ccccc1)/N=C\C(Br)=C/c1ccccc1. The van der Waals surface area contributed by atoms with Gasteiger partial charge in [-0.2, -0.15) is 10.2 Å². The van der Waals surface area contributed by atoms with Gasteiger partial charge in [0.1, 0.15) is 0 Å². The average Bonchev–Trinajstić information content (AvgIpc) is 2.70. The van der Waals surface area contributed by atoms with Crippen molar-refractivity contribution < 1.29 is 0 Å². The zero-order valence-electron chi connectivity index (χ0n) is 16.0. The number of hydrogen-bond donors (Lipinski definition) is 0. The molecule has 0 heterocycles. The van der Waals surface area contributed by atoms with Crippen LogP contribution in [0.1, 0.15) is 11.1 Å². The van der Waals surface area contributed by atoms with E-state index in [4.69, 9.17) is 0 Å². The van der Waals surface area contributed by atoms with Crippen LogP contribution in [0.4, 0.5) is 0 Å². The van der Waals surface area contributed by atoms with E-state index < -0.39 is 0 Å². The summed E-state index contributed by atoms with van der Waals surface area (Å²) in [5, 5.41) is 12.7. The lowest BCUT2D eigenvalue weighted by Crippen LogP contribution is -2.25. The molecule has 0 saturated heterocycles. The summed E-state index contributed by atoms with van der Waals surface area (Å²) in [5.41, 5.74) is 2.26. The summed E-state index contributed by atoms with van der Waals surface area (Å²) in [6.45, 7) is 1.52. The zero-order chi connectivity index (χ0) is 20.2. The van der Waals surface area contributed by atoms with Gasteiger partial charge in [0.05, 0.1) is 25.5 Å². The number of halogens is 2. The highest BCUT2D eigenvalue weighted by molar-refractivity contribution is 9.12. The average molecular weight is 504 g/mol. The fourth-order valence-corrected chi connectivity index (χ4v) is 2.92. The first kappa shape index (κ1) is 22.1. The quantitative estimate of drug-likeness (QED) is 0.325. The van der Waals surface area contributed by atoms with E-state index in [9.17, 15) is 0 Å². The topological polar surface area (TPSA) is 31.2 Å². The predicted octanol–water partition coefficient (Wildman–Crippen LogP) is 5.69. The summed E-state index contributed by atoms with van der Waals surface area (Å²) in [6.07, 6.45) is 7.67. The molecule has 28 heavy (non-hydrogen) atoms. The van der Waals surface area contributed by atoms with Crippen LogP contribution in [0.15, 0.2) is 79.8 Å². The van der Waals surface area contributed by atoms with Crippen molar-refractivity contribution >= 4 is 56.4 Å². The molecule has 0 spiro atoms. The molecule has 2 aromatic rings. The van der Waals surface area contributed by atoms with E-state index in [0.29, 0.717) is 0 Å². The number of likely N-dealkylation sites (N-methyl/N-ethyl adjacent to an activating group) is 2. The molecular formula is C22H24Br2N4. The highest BCUT2D eigenvalue weighted by Gasteiger charge is 1.98. The highest BCUT2D eigenvalue weighted by Crippen LogP contribution is 2.11. The van der Waals surface area contributed by atoms with Crippen LogP contribution >= 0.6 is 31.9 Å². The monoisotopic (exact) mass is 502 g/mol. The molecule has 146 valence electrons. The second-order valence-corrected chi connectivity index (χ2v) is 7.96. The molecule has 0 N–H and O–H groups in total. The van der Waals surface area contributed by atoms with Crippen LogP contribution in [0.3, 0.4) is 0 Å². The van der Waals surface area contributed by atoms with Gasteiger partial charge in [-0.15, -0.1) is 0 Å². The Labute approximate surface area is 184 Å². The van der Waals surface area contributed by atoms with Crippen molar-refractivity contribution in [3.8, 4) is 0 Å². The lowest BCUT2D eigenvalue weighted by molar-refractivity contribution is 0.272. The van der Waals surface area contributed by atoms with Crippen molar-refractivity contribution in [3.05, 3.63) is 80.8 Å². The molecule has 0 unspecified atom stereocenters. The summed E-state index contributed by atoms with van der Waals surface area (Å²) in [4.78, 5) is 0. The van der Waals surface area contributed by atoms with Crippen molar-refractivity contribution in [1.82, 2.24) is 10.0 Å². The van der Waals surface area contributed by atoms with E-state index in [1.807, 2.05) is 72.7 Å². The van der Waals surface area contributed by atoms with Gasteiger partial charge in [0.2, 0.25) is 0 Å². The predicted molar refractivity (Wildman–Crippen MR) is 129 cm³/mol. The Hall–Kier alpha value is -2.18. The molecule has 0 bridgehead atoms. The van der Waals surface area contributed by atoms with Crippen molar-refractivity contribution in [2.24, 2.45) is 10.2 Å². The number of benzene rings is 2. The Morgan fingerprint density at radius 1 is 0.714 bits per heavy atom. The third-order valence-electron chi connectivity index (χ3n) is 3.71. The summed E-state index contributed by atoms with van der Waals surface area (Å²) >= 11 is 7.06. The van der Waals surface area contributed by atoms with Crippen LogP contribution in [-0.2, 0) is 0 Å². The minimum absolute atomic E-state index is 0.760. The van der Waals surface area contributed by atoms with Gasteiger partial charge in [-0.05, 0) is 55.1 Å². The lowest BCUT2D eigenvalue weighted by atomic mass is 10.2. The number of hydrogen-bond acceptors (Lipinski definition) is 4. The molecule has 0 aliphatic rings. The Bertz CT molecular complexity index is 759. The Morgan fingerprint density at radius 3 is 1.43 bits per heavy atom.